The van der Waals surface area contributed by atoms with E-state index < -0.39 is 6.10 Å². The van der Waals surface area contributed by atoms with Crippen molar-refractivity contribution in [1.82, 2.24) is 5.32 Å². The van der Waals surface area contributed by atoms with Crippen LogP contribution in [-0.4, -0.2) is 23.2 Å². The first-order valence-electron chi connectivity index (χ1n) is 7.47. The Bertz CT molecular complexity index is 486. The molecule has 0 aliphatic heterocycles. The number of hydrogen-bond acceptors (Lipinski definition) is 3. The minimum atomic E-state index is -0.615. The molecule has 1 aromatic carbocycles. The van der Waals surface area contributed by atoms with Gasteiger partial charge in [0.15, 0.2) is 6.10 Å². The highest BCUT2D eigenvalue weighted by Gasteiger charge is 2.21. The fraction of sp³-hybridized carbons (Fsp3) is 0.562. The Balaban J connectivity index is 1.95. The van der Waals surface area contributed by atoms with Crippen LogP contribution in [0.15, 0.2) is 18.2 Å². The molecule has 4 nitrogen and oxygen atoms in total. The molecule has 1 aromatic rings. The molecule has 1 aliphatic carbocycles. The van der Waals surface area contributed by atoms with Gasteiger partial charge in [-0.3, -0.25) is 4.79 Å². The quantitative estimate of drug-likeness (QED) is 0.878. The van der Waals surface area contributed by atoms with Gasteiger partial charge in [-0.05, 0) is 31.9 Å². The van der Waals surface area contributed by atoms with Crippen LogP contribution in [0.25, 0.3) is 0 Å². The lowest BCUT2D eigenvalue weighted by atomic mass is 9.95. The number of carbonyl (C=O) groups excluding carboxylic acids is 1. The van der Waals surface area contributed by atoms with Crippen LogP contribution < -0.4 is 10.1 Å². The molecule has 2 rings (SSSR count). The molecule has 1 amide bonds. The fourth-order valence-electron chi connectivity index (χ4n) is 2.61. The van der Waals surface area contributed by atoms with E-state index in [9.17, 15) is 9.90 Å². The molecule has 116 valence electrons. The number of rotatable bonds is 5. The van der Waals surface area contributed by atoms with Crippen LogP contribution in [0.5, 0.6) is 5.75 Å². The average Bonchev–Trinajstić information content (AvgIpc) is 2.48. The van der Waals surface area contributed by atoms with Gasteiger partial charge >= 0.3 is 0 Å². The minimum absolute atomic E-state index is 0.120. The summed E-state index contributed by atoms with van der Waals surface area (Å²) in [6, 6.07) is 5.39. The Morgan fingerprint density at radius 2 is 2.14 bits per heavy atom. The highest BCUT2D eigenvalue weighted by Crippen LogP contribution is 2.27. The van der Waals surface area contributed by atoms with E-state index in [1.807, 2.05) is 0 Å². The first-order valence-corrected chi connectivity index (χ1v) is 7.85. The molecule has 1 saturated carbocycles. The zero-order valence-corrected chi connectivity index (χ0v) is 13.0. The summed E-state index contributed by atoms with van der Waals surface area (Å²) in [5.74, 6) is 0.335. The van der Waals surface area contributed by atoms with Gasteiger partial charge in [-0.2, -0.15) is 0 Å². The third-order valence-corrected chi connectivity index (χ3v) is 4.21. The lowest BCUT2D eigenvalue weighted by molar-refractivity contribution is -0.128. The Kier molecular flexibility index (Phi) is 5.88. The van der Waals surface area contributed by atoms with E-state index in [4.69, 9.17) is 16.3 Å². The number of ether oxygens (including phenoxy) is 1. The van der Waals surface area contributed by atoms with Gasteiger partial charge in [0.05, 0.1) is 6.61 Å². The molecule has 0 radical (unpaired) electrons. The molecule has 0 saturated heterocycles. The number of aliphatic hydroxyl groups excluding tert-OH is 1. The van der Waals surface area contributed by atoms with E-state index in [0.717, 1.165) is 12.8 Å². The summed E-state index contributed by atoms with van der Waals surface area (Å²) in [7, 11) is 0. The van der Waals surface area contributed by atoms with Crippen LogP contribution in [0.2, 0.25) is 5.02 Å². The predicted octanol–water partition coefficient (Wildman–Crippen LogP) is 3.05. The van der Waals surface area contributed by atoms with Crippen LogP contribution in [0.4, 0.5) is 0 Å². The summed E-state index contributed by atoms with van der Waals surface area (Å²) in [4.78, 5) is 12.2. The minimum Gasteiger partial charge on any atom is -0.480 e. The van der Waals surface area contributed by atoms with Crippen molar-refractivity contribution in [3.63, 3.8) is 0 Å². The molecule has 1 atom stereocenters. The third kappa shape index (κ3) is 4.35. The second kappa shape index (κ2) is 7.66. The molecule has 1 fully saturated rings. The molecule has 1 unspecified atom stereocenters. The average molecular weight is 312 g/mol. The molecular weight excluding hydrogens is 290 g/mol. The number of halogens is 1. The van der Waals surface area contributed by atoms with Crippen molar-refractivity contribution in [2.75, 3.05) is 0 Å². The Morgan fingerprint density at radius 3 is 2.81 bits per heavy atom. The van der Waals surface area contributed by atoms with Gasteiger partial charge in [-0.15, -0.1) is 0 Å². The van der Waals surface area contributed by atoms with E-state index in [0.29, 0.717) is 16.3 Å². The summed E-state index contributed by atoms with van der Waals surface area (Å²) < 4.78 is 5.66. The Hall–Kier alpha value is -1.26. The summed E-state index contributed by atoms with van der Waals surface area (Å²) in [5, 5.41) is 12.8. The third-order valence-electron chi connectivity index (χ3n) is 3.86. The van der Waals surface area contributed by atoms with Crippen molar-refractivity contribution in [2.24, 2.45) is 0 Å². The molecule has 0 heterocycles. The summed E-state index contributed by atoms with van der Waals surface area (Å²) in [6.07, 6.45) is 5.05. The van der Waals surface area contributed by atoms with Gasteiger partial charge in [0.25, 0.3) is 5.91 Å². The number of aliphatic hydroxyl groups is 1. The molecule has 0 aromatic heterocycles. The Labute approximate surface area is 130 Å². The number of nitrogens with one attached hydrogen (secondary N) is 1. The van der Waals surface area contributed by atoms with Crippen LogP contribution in [0.1, 0.15) is 44.6 Å². The molecule has 2 N–H and O–H groups in total. The van der Waals surface area contributed by atoms with Crippen molar-refractivity contribution in [1.29, 1.82) is 0 Å². The lowest BCUT2D eigenvalue weighted by Crippen LogP contribution is -2.43. The first kappa shape index (κ1) is 16.1. The second-order valence-corrected chi connectivity index (χ2v) is 5.89. The SMILES string of the molecule is CC(Oc1cccc(Cl)c1CO)C(=O)NC1CCCCC1. The number of carbonyl (C=O) groups is 1. The Morgan fingerprint density at radius 1 is 1.43 bits per heavy atom. The monoisotopic (exact) mass is 311 g/mol. The maximum Gasteiger partial charge on any atom is 0.260 e. The zero-order chi connectivity index (χ0) is 15.2. The number of benzene rings is 1. The van der Waals surface area contributed by atoms with Crippen LogP contribution in [-0.2, 0) is 11.4 Å². The van der Waals surface area contributed by atoms with E-state index in [1.54, 1.807) is 25.1 Å². The zero-order valence-electron chi connectivity index (χ0n) is 12.3. The van der Waals surface area contributed by atoms with Gasteiger partial charge in [0.1, 0.15) is 5.75 Å². The molecule has 0 bridgehead atoms. The number of hydrogen-bond donors (Lipinski definition) is 2. The highest BCUT2D eigenvalue weighted by molar-refractivity contribution is 6.31. The summed E-state index contributed by atoms with van der Waals surface area (Å²) in [6.45, 7) is 1.49. The summed E-state index contributed by atoms with van der Waals surface area (Å²) >= 11 is 6.01. The molecule has 0 spiro atoms. The van der Waals surface area contributed by atoms with Gasteiger partial charge < -0.3 is 15.2 Å². The van der Waals surface area contributed by atoms with Crippen LogP contribution in [0, 0.1) is 0 Å². The van der Waals surface area contributed by atoms with Gasteiger partial charge in [0.2, 0.25) is 0 Å². The van der Waals surface area contributed by atoms with Crippen molar-refractivity contribution in [3.8, 4) is 5.75 Å². The standard InChI is InChI=1S/C16H22ClNO3/c1-11(16(20)18-12-6-3-2-4-7-12)21-15-9-5-8-14(17)13(15)10-19/h5,8-9,11-12,19H,2-4,6-7,10H2,1H3,(H,18,20). The summed E-state index contributed by atoms with van der Waals surface area (Å²) in [5.41, 5.74) is 0.511. The van der Waals surface area contributed by atoms with Crippen molar-refractivity contribution in [3.05, 3.63) is 28.8 Å². The first-order chi connectivity index (χ1) is 10.1. The maximum absolute atomic E-state index is 12.2. The largest absolute Gasteiger partial charge is 0.480 e. The second-order valence-electron chi connectivity index (χ2n) is 5.48. The van der Waals surface area contributed by atoms with Gasteiger partial charge in [-0.25, -0.2) is 0 Å². The topological polar surface area (TPSA) is 58.6 Å². The van der Waals surface area contributed by atoms with Crippen LogP contribution >= 0.6 is 11.6 Å². The van der Waals surface area contributed by atoms with E-state index in [-0.39, 0.29) is 18.6 Å². The maximum atomic E-state index is 12.2. The fourth-order valence-corrected chi connectivity index (χ4v) is 2.84. The predicted molar refractivity (Wildman–Crippen MR) is 82.5 cm³/mol. The molecule has 5 heteroatoms. The lowest BCUT2D eigenvalue weighted by Gasteiger charge is -2.25. The normalized spacial score (nSPS) is 17.3. The number of amides is 1. The van der Waals surface area contributed by atoms with Gasteiger partial charge in [0, 0.05) is 16.6 Å². The smallest absolute Gasteiger partial charge is 0.260 e. The van der Waals surface area contributed by atoms with Crippen molar-refractivity contribution >= 4 is 17.5 Å². The van der Waals surface area contributed by atoms with Crippen molar-refractivity contribution in [2.45, 2.75) is 57.8 Å². The highest BCUT2D eigenvalue weighted by atomic mass is 35.5. The van der Waals surface area contributed by atoms with E-state index >= 15 is 0 Å². The van der Waals surface area contributed by atoms with E-state index in [2.05, 4.69) is 5.32 Å². The molecular formula is C16H22ClNO3. The van der Waals surface area contributed by atoms with Crippen LogP contribution in [0.3, 0.4) is 0 Å². The van der Waals surface area contributed by atoms with E-state index in [1.165, 1.54) is 19.3 Å². The van der Waals surface area contributed by atoms with Crippen molar-refractivity contribution < 1.29 is 14.6 Å². The van der Waals surface area contributed by atoms with Gasteiger partial charge in [-0.1, -0.05) is 36.9 Å². The molecule has 1 aliphatic rings. The molecule has 21 heavy (non-hydrogen) atoms.